The lowest BCUT2D eigenvalue weighted by Gasteiger charge is -2.14. The van der Waals surface area contributed by atoms with Crippen LogP contribution >= 0.6 is 0 Å². The van der Waals surface area contributed by atoms with Crippen molar-refractivity contribution in [2.24, 2.45) is 5.92 Å². The van der Waals surface area contributed by atoms with Gasteiger partial charge in [0.25, 0.3) is 0 Å². The molecule has 0 aliphatic heterocycles. The van der Waals surface area contributed by atoms with Gasteiger partial charge in [-0.15, -0.1) is 0 Å². The normalized spacial score (nSPS) is 14.1. The lowest BCUT2D eigenvalue weighted by Crippen LogP contribution is -2.18. The summed E-state index contributed by atoms with van der Waals surface area (Å²) in [5, 5.41) is 0. The van der Waals surface area contributed by atoms with E-state index in [0.29, 0.717) is 5.92 Å². The third-order valence-corrected chi connectivity index (χ3v) is 1.32. The maximum atomic E-state index is 11.3. The van der Waals surface area contributed by atoms with E-state index in [1.165, 1.54) is 0 Å². The van der Waals surface area contributed by atoms with Crippen LogP contribution < -0.4 is 0 Å². The molecular weight excluding hydrogens is 135 g/mol. The predicted molar refractivity (Wildman–Crippen MR) is 37.3 cm³/mol. The lowest BCUT2D eigenvalue weighted by molar-refractivity contribution is -0.163. The van der Waals surface area contributed by atoms with Gasteiger partial charge in [0.15, 0.2) is 0 Å². The Labute approximate surface area is 61.2 Å². The number of hydrogen-bond acceptors (Lipinski definition) is 2. The minimum absolute atomic E-state index is 0.0364. The second-order valence-electron chi connectivity index (χ2n) is 2.76. The van der Waals surface area contributed by atoms with Gasteiger partial charge in [0.1, 0.15) is 6.61 Å². The highest BCUT2D eigenvalue weighted by atomic mass is 19.3. The molecule has 0 aromatic heterocycles. The van der Waals surface area contributed by atoms with E-state index < -0.39 is 0 Å². The first-order valence-electron chi connectivity index (χ1n) is 3.47. The largest absolute Gasteiger partial charge is 0.379 e. The highest BCUT2D eigenvalue weighted by Gasteiger charge is 2.09. The monoisotopic (exact) mass is 150 g/mol. The van der Waals surface area contributed by atoms with Gasteiger partial charge in [0, 0.05) is 7.11 Å². The van der Waals surface area contributed by atoms with E-state index in [2.05, 4.69) is 18.8 Å². The second kappa shape index (κ2) is 5.62. The number of halogens is 1. The van der Waals surface area contributed by atoms with Crippen LogP contribution in [0.5, 0.6) is 0 Å². The molecule has 1 unspecified atom stereocenters. The van der Waals surface area contributed by atoms with Crippen LogP contribution in [0.25, 0.3) is 0 Å². The van der Waals surface area contributed by atoms with Crippen LogP contribution in [-0.2, 0) is 9.68 Å². The molecule has 62 valence electrons. The average Bonchev–Trinajstić information content (AvgIpc) is 1.86. The zero-order valence-electron chi connectivity index (χ0n) is 6.76. The molecule has 0 aromatic rings. The van der Waals surface area contributed by atoms with E-state index in [1.54, 1.807) is 7.11 Å². The smallest absolute Gasteiger partial charge is 0.114 e. The summed E-state index contributed by atoms with van der Waals surface area (Å²) < 4.78 is 16.2. The summed E-state index contributed by atoms with van der Waals surface area (Å²) in [7, 11) is 1.56. The van der Waals surface area contributed by atoms with Crippen LogP contribution in [0.3, 0.4) is 0 Å². The van der Waals surface area contributed by atoms with Crippen molar-refractivity contribution in [2.45, 2.75) is 26.4 Å². The molecule has 0 rings (SSSR count). The molecule has 0 bridgehead atoms. The summed E-state index contributed by atoms with van der Waals surface area (Å²) >= 11 is 0. The second-order valence-corrected chi connectivity index (χ2v) is 2.76. The maximum absolute atomic E-state index is 11.3. The first-order valence-corrected chi connectivity index (χ1v) is 3.47. The summed E-state index contributed by atoms with van der Waals surface area (Å²) in [4.78, 5) is 3.47. The van der Waals surface area contributed by atoms with Gasteiger partial charge in [0.05, 0.1) is 6.10 Å². The maximum Gasteiger partial charge on any atom is 0.114 e. The Morgan fingerprint density at radius 1 is 1.40 bits per heavy atom. The van der Waals surface area contributed by atoms with Crippen molar-refractivity contribution < 1.29 is 14.2 Å². The fourth-order valence-corrected chi connectivity index (χ4v) is 0.828. The first-order chi connectivity index (χ1) is 4.70. The number of hydrogen-bond donors (Lipinski definition) is 0. The Hall–Kier alpha value is -0.150. The average molecular weight is 150 g/mol. The molecule has 0 heterocycles. The zero-order valence-corrected chi connectivity index (χ0v) is 6.76. The van der Waals surface area contributed by atoms with Gasteiger partial charge in [-0.3, -0.25) is 0 Å². The van der Waals surface area contributed by atoms with Gasteiger partial charge < -0.3 is 4.74 Å². The SMILES string of the molecule is COC(COF)CC(C)C. The molecule has 0 saturated heterocycles. The van der Waals surface area contributed by atoms with Gasteiger partial charge in [-0.2, -0.15) is 4.94 Å². The van der Waals surface area contributed by atoms with E-state index in [0.717, 1.165) is 6.42 Å². The molecule has 2 nitrogen and oxygen atoms in total. The minimum atomic E-state index is -0.106. The molecule has 0 spiro atoms. The summed E-state index contributed by atoms with van der Waals surface area (Å²) in [6.07, 6.45) is 0.727. The van der Waals surface area contributed by atoms with Crippen LogP contribution in [0.15, 0.2) is 0 Å². The number of methoxy groups -OCH3 is 1. The molecule has 0 radical (unpaired) electrons. The van der Waals surface area contributed by atoms with Crippen LogP contribution in [0.4, 0.5) is 4.53 Å². The molecular formula is C7H15FO2. The molecule has 0 aromatic carbocycles. The molecule has 0 aliphatic carbocycles. The van der Waals surface area contributed by atoms with Crippen molar-refractivity contribution in [3.8, 4) is 0 Å². The van der Waals surface area contributed by atoms with E-state index in [-0.39, 0.29) is 12.7 Å². The van der Waals surface area contributed by atoms with Gasteiger partial charge in [0.2, 0.25) is 0 Å². The minimum Gasteiger partial charge on any atom is -0.379 e. The van der Waals surface area contributed by atoms with E-state index >= 15 is 0 Å². The quantitative estimate of drug-likeness (QED) is 0.596. The van der Waals surface area contributed by atoms with E-state index in [9.17, 15) is 4.53 Å². The van der Waals surface area contributed by atoms with Gasteiger partial charge >= 0.3 is 0 Å². The Bertz CT molecular complexity index is 76.0. The van der Waals surface area contributed by atoms with Crippen molar-refractivity contribution in [2.75, 3.05) is 13.7 Å². The number of ether oxygens (including phenoxy) is 1. The van der Waals surface area contributed by atoms with Crippen molar-refractivity contribution in [3.05, 3.63) is 0 Å². The molecule has 1 atom stereocenters. The fraction of sp³-hybridized carbons (Fsp3) is 1.00. The van der Waals surface area contributed by atoms with Crippen molar-refractivity contribution in [1.29, 1.82) is 0 Å². The van der Waals surface area contributed by atoms with Gasteiger partial charge in [-0.1, -0.05) is 13.8 Å². The van der Waals surface area contributed by atoms with E-state index in [1.807, 2.05) is 0 Å². The predicted octanol–water partition coefficient (Wildman–Crippen LogP) is 1.95. The van der Waals surface area contributed by atoms with Crippen molar-refractivity contribution in [1.82, 2.24) is 0 Å². The molecule has 0 amide bonds. The van der Waals surface area contributed by atoms with Crippen LogP contribution in [-0.4, -0.2) is 19.8 Å². The topological polar surface area (TPSA) is 18.5 Å². The van der Waals surface area contributed by atoms with E-state index in [4.69, 9.17) is 4.74 Å². The third kappa shape index (κ3) is 4.70. The summed E-state index contributed by atoms with van der Waals surface area (Å²) in [6, 6.07) is 0. The van der Waals surface area contributed by atoms with Crippen molar-refractivity contribution in [3.63, 3.8) is 0 Å². The highest BCUT2D eigenvalue weighted by molar-refractivity contribution is 4.57. The summed E-state index contributed by atoms with van der Waals surface area (Å²) in [5.74, 6) is 0.514. The molecule has 0 saturated carbocycles. The van der Waals surface area contributed by atoms with Crippen LogP contribution in [0.2, 0.25) is 0 Å². The van der Waals surface area contributed by atoms with Crippen molar-refractivity contribution >= 4 is 0 Å². The van der Waals surface area contributed by atoms with Crippen LogP contribution in [0, 0.1) is 5.92 Å². The Balaban J connectivity index is 3.39. The summed E-state index contributed by atoms with van der Waals surface area (Å²) in [6.45, 7) is 4.16. The molecule has 3 heteroatoms. The van der Waals surface area contributed by atoms with Crippen LogP contribution in [0.1, 0.15) is 20.3 Å². The first kappa shape index (κ1) is 9.85. The standard InChI is InChI=1S/C7H15FO2/c1-6(2)4-7(9-3)5-10-8/h6-7H,4-5H2,1-3H3. The van der Waals surface area contributed by atoms with Gasteiger partial charge in [-0.25, -0.2) is 0 Å². The fourth-order valence-electron chi connectivity index (χ4n) is 0.828. The Kier molecular flexibility index (Phi) is 5.54. The lowest BCUT2D eigenvalue weighted by atomic mass is 10.1. The van der Waals surface area contributed by atoms with Gasteiger partial charge in [-0.05, 0) is 16.9 Å². The summed E-state index contributed by atoms with van der Waals surface area (Å²) in [5.41, 5.74) is 0. The zero-order chi connectivity index (χ0) is 7.98. The molecule has 0 aliphatic rings. The third-order valence-electron chi connectivity index (χ3n) is 1.32. The Morgan fingerprint density at radius 3 is 2.30 bits per heavy atom. The molecule has 0 fully saturated rings. The Morgan fingerprint density at radius 2 is 2.00 bits per heavy atom. The molecule has 0 N–H and O–H groups in total. The highest BCUT2D eigenvalue weighted by Crippen LogP contribution is 2.07. The number of rotatable bonds is 5. The molecule has 10 heavy (non-hydrogen) atoms.